The highest BCUT2D eigenvalue weighted by Crippen LogP contribution is 2.21. The number of aliphatic hydroxyl groups excluding tert-OH is 1. The van der Waals surface area contributed by atoms with E-state index in [0.717, 1.165) is 28.6 Å². The molecule has 0 aliphatic rings. The van der Waals surface area contributed by atoms with Crippen molar-refractivity contribution < 1.29 is 5.11 Å². The minimum absolute atomic E-state index is 0.386. The predicted molar refractivity (Wildman–Crippen MR) is 76.3 cm³/mol. The van der Waals surface area contributed by atoms with E-state index in [0.29, 0.717) is 0 Å². The van der Waals surface area contributed by atoms with Crippen molar-refractivity contribution in [1.29, 1.82) is 0 Å². The van der Waals surface area contributed by atoms with E-state index in [1.54, 1.807) is 0 Å². The summed E-state index contributed by atoms with van der Waals surface area (Å²) in [6, 6.07) is 16.0. The van der Waals surface area contributed by atoms with Crippen molar-refractivity contribution >= 4 is 10.9 Å². The molecule has 1 N–H and O–H groups in total. The summed E-state index contributed by atoms with van der Waals surface area (Å²) in [6.07, 6.45) is 2.21. The topological polar surface area (TPSA) is 38.0 Å². The first-order valence-corrected chi connectivity index (χ1v) is 6.51. The van der Waals surface area contributed by atoms with Crippen LogP contribution < -0.4 is 0 Å². The van der Waals surface area contributed by atoms with Gasteiger partial charge in [0.25, 0.3) is 0 Å². The summed E-state index contributed by atoms with van der Waals surface area (Å²) in [5, 5.41) is 15.3. The summed E-state index contributed by atoms with van der Waals surface area (Å²) in [7, 11) is 0. The van der Waals surface area contributed by atoms with Crippen molar-refractivity contribution in [2.24, 2.45) is 0 Å². The van der Waals surface area contributed by atoms with Crippen LogP contribution in [0, 0.1) is 0 Å². The summed E-state index contributed by atoms with van der Waals surface area (Å²) >= 11 is 0. The summed E-state index contributed by atoms with van der Waals surface area (Å²) in [6.45, 7) is 1.97. The molecule has 0 amide bonds. The first-order chi connectivity index (χ1) is 9.29. The molecule has 3 rings (SSSR count). The third-order valence-corrected chi connectivity index (χ3v) is 3.39. The van der Waals surface area contributed by atoms with E-state index in [4.69, 9.17) is 0 Å². The van der Waals surface area contributed by atoms with E-state index >= 15 is 0 Å². The van der Waals surface area contributed by atoms with E-state index in [-0.39, 0.29) is 6.10 Å². The molecule has 19 heavy (non-hydrogen) atoms. The Morgan fingerprint density at radius 2 is 1.84 bits per heavy atom. The highest BCUT2D eigenvalue weighted by Gasteiger charge is 2.07. The van der Waals surface area contributed by atoms with Gasteiger partial charge in [-0.1, -0.05) is 37.3 Å². The number of benzene rings is 2. The normalized spacial score (nSPS) is 12.7. The first-order valence-electron chi connectivity index (χ1n) is 6.51. The van der Waals surface area contributed by atoms with Crippen molar-refractivity contribution in [1.82, 2.24) is 9.78 Å². The lowest BCUT2D eigenvalue weighted by Gasteiger charge is -2.09. The van der Waals surface area contributed by atoms with Gasteiger partial charge in [-0.15, -0.1) is 0 Å². The van der Waals surface area contributed by atoms with Gasteiger partial charge in [-0.3, -0.25) is 0 Å². The molecule has 0 aliphatic carbocycles. The molecule has 0 radical (unpaired) electrons. The fourth-order valence-corrected chi connectivity index (χ4v) is 2.25. The fourth-order valence-electron chi connectivity index (χ4n) is 2.25. The zero-order chi connectivity index (χ0) is 13.2. The van der Waals surface area contributed by atoms with Gasteiger partial charge in [0, 0.05) is 5.39 Å². The largest absolute Gasteiger partial charge is 0.388 e. The quantitative estimate of drug-likeness (QED) is 0.775. The van der Waals surface area contributed by atoms with Crippen LogP contribution in [-0.4, -0.2) is 14.9 Å². The summed E-state index contributed by atoms with van der Waals surface area (Å²) in [4.78, 5) is 0. The Hall–Kier alpha value is -2.13. The zero-order valence-electron chi connectivity index (χ0n) is 10.8. The first kappa shape index (κ1) is 11.9. The second-order valence-electron chi connectivity index (χ2n) is 4.63. The SMILES string of the molecule is CC[C@H](O)c1ccc(-n2ncc3ccccc32)cc1. The maximum absolute atomic E-state index is 9.80. The Bertz CT molecular complexity index is 685. The molecular formula is C16H16N2O. The molecule has 0 unspecified atom stereocenters. The van der Waals surface area contributed by atoms with Crippen molar-refractivity contribution in [3.63, 3.8) is 0 Å². The Balaban J connectivity index is 2.02. The van der Waals surface area contributed by atoms with Crippen LogP contribution in [0.3, 0.4) is 0 Å². The van der Waals surface area contributed by atoms with E-state index in [2.05, 4.69) is 11.2 Å². The molecular weight excluding hydrogens is 236 g/mol. The number of aromatic nitrogens is 2. The van der Waals surface area contributed by atoms with Gasteiger partial charge < -0.3 is 5.11 Å². The number of para-hydroxylation sites is 1. The van der Waals surface area contributed by atoms with Crippen LogP contribution in [-0.2, 0) is 0 Å². The molecule has 3 heteroatoms. The molecule has 1 heterocycles. The Morgan fingerprint density at radius 3 is 2.58 bits per heavy atom. The van der Waals surface area contributed by atoms with Crippen molar-refractivity contribution in [3.8, 4) is 5.69 Å². The van der Waals surface area contributed by atoms with Crippen molar-refractivity contribution in [3.05, 3.63) is 60.3 Å². The van der Waals surface area contributed by atoms with Crippen molar-refractivity contribution in [2.45, 2.75) is 19.4 Å². The Morgan fingerprint density at radius 1 is 1.11 bits per heavy atom. The summed E-state index contributed by atoms with van der Waals surface area (Å²) in [5.74, 6) is 0. The van der Waals surface area contributed by atoms with Gasteiger partial charge in [-0.25, -0.2) is 4.68 Å². The minimum Gasteiger partial charge on any atom is -0.388 e. The maximum atomic E-state index is 9.80. The predicted octanol–water partition coefficient (Wildman–Crippen LogP) is 3.47. The number of fused-ring (bicyclic) bond motifs is 1. The number of aliphatic hydroxyl groups is 1. The molecule has 1 atom stereocenters. The molecule has 96 valence electrons. The van der Waals surface area contributed by atoms with Crippen molar-refractivity contribution in [2.75, 3.05) is 0 Å². The van der Waals surface area contributed by atoms with E-state index in [1.165, 1.54) is 0 Å². The van der Waals surface area contributed by atoms with E-state index in [9.17, 15) is 5.11 Å². The number of hydrogen-bond acceptors (Lipinski definition) is 2. The van der Waals surface area contributed by atoms with Crippen LogP contribution in [0.15, 0.2) is 54.7 Å². The lowest BCUT2D eigenvalue weighted by Crippen LogP contribution is -1.98. The zero-order valence-corrected chi connectivity index (χ0v) is 10.8. The third kappa shape index (κ3) is 2.13. The summed E-state index contributed by atoms with van der Waals surface area (Å²) < 4.78 is 1.91. The average Bonchev–Trinajstić information content (AvgIpc) is 2.90. The van der Waals surface area contributed by atoms with Crippen LogP contribution >= 0.6 is 0 Å². The van der Waals surface area contributed by atoms with Crippen LogP contribution in [0.4, 0.5) is 0 Å². The maximum Gasteiger partial charge on any atom is 0.0787 e. The number of hydrogen-bond donors (Lipinski definition) is 1. The lowest BCUT2D eigenvalue weighted by atomic mass is 10.1. The Labute approximate surface area is 112 Å². The smallest absolute Gasteiger partial charge is 0.0787 e. The second kappa shape index (κ2) is 4.86. The second-order valence-corrected chi connectivity index (χ2v) is 4.63. The van der Waals surface area contributed by atoms with Gasteiger partial charge in [0.05, 0.1) is 23.5 Å². The van der Waals surface area contributed by atoms with E-state index in [1.807, 2.05) is 60.3 Å². The standard InChI is InChI=1S/C16H16N2O/c1-2-16(19)12-7-9-14(10-8-12)18-15-6-4-3-5-13(15)11-17-18/h3-11,16,19H,2H2,1H3/t16-/m0/s1. The molecule has 0 spiro atoms. The number of nitrogens with zero attached hydrogens (tertiary/aromatic N) is 2. The summed E-state index contributed by atoms with van der Waals surface area (Å²) in [5.41, 5.74) is 3.04. The van der Waals surface area contributed by atoms with Gasteiger partial charge in [0.15, 0.2) is 0 Å². The molecule has 3 aromatic rings. The third-order valence-electron chi connectivity index (χ3n) is 3.39. The number of rotatable bonds is 3. The highest BCUT2D eigenvalue weighted by molar-refractivity contribution is 5.80. The molecule has 1 aromatic heterocycles. The van der Waals surface area contributed by atoms with Crippen LogP contribution in [0.2, 0.25) is 0 Å². The monoisotopic (exact) mass is 252 g/mol. The average molecular weight is 252 g/mol. The molecule has 0 fully saturated rings. The molecule has 2 aromatic carbocycles. The van der Waals surface area contributed by atoms with Crippen LogP contribution in [0.5, 0.6) is 0 Å². The van der Waals surface area contributed by atoms with E-state index < -0.39 is 0 Å². The van der Waals surface area contributed by atoms with Gasteiger partial charge in [-0.2, -0.15) is 5.10 Å². The molecule has 0 saturated carbocycles. The molecule has 3 nitrogen and oxygen atoms in total. The lowest BCUT2D eigenvalue weighted by molar-refractivity contribution is 0.173. The highest BCUT2D eigenvalue weighted by atomic mass is 16.3. The van der Waals surface area contributed by atoms with Gasteiger partial charge in [0.2, 0.25) is 0 Å². The Kier molecular flexibility index (Phi) is 3.05. The molecule has 0 bridgehead atoms. The van der Waals surface area contributed by atoms with Crippen LogP contribution in [0.1, 0.15) is 25.0 Å². The fraction of sp³-hybridized carbons (Fsp3) is 0.188. The van der Waals surface area contributed by atoms with Gasteiger partial charge in [-0.05, 0) is 30.2 Å². The minimum atomic E-state index is -0.386. The van der Waals surface area contributed by atoms with Gasteiger partial charge >= 0.3 is 0 Å². The molecule has 0 saturated heterocycles. The van der Waals surface area contributed by atoms with Crippen LogP contribution in [0.25, 0.3) is 16.6 Å². The van der Waals surface area contributed by atoms with Gasteiger partial charge in [0.1, 0.15) is 0 Å². The molecule has 0 aliphatic heterocycles.